The maximum Gasteiger partial charge on any atom is 0.107 e. The molecule has 2 aromatic rings. The van der Waals surface area contributed by atoms with Crippen molar-refractivity contribution in [2.75, 3.05) is 5.32 Å². The number of benzene rings is 1. The summed E-state index contributed by atoms with van der Waals surface area (Å²) in [7, 11) is 0. The molecule has 2 nitrogen and oxygen atoms in total. The molecule has 18 heavy (non-hydrogen) atoms. The molecule has 0 saturated heterocycles. The number of hydrogen-bond donors (Lipinski definition) is 1. The Morgan fingerprint density at radius 2 is 2.06 bits per heavy atom. The average molecular weight is 407 g/mol. The van der Waals surface area contributed by atoms with Crippen LogP contribution in [0.4, 0.5) is 5.69 Å². The summed E-state index contributed by atoms with van der Waals surface area (Å²) in [5.41, 5.74) is 1.59. The Labute approximate surface area is 131 Å². The summed E-state index contributed by atoms with van der Waals surface area (Å²) in [6, 6.07) is 9.55. The number of hydrogen-bond acceptors (Lipinski definition) is 3. The largest absolute Gasteiger partial charge is 0.379 e. The van der Waals surface area contributed by atoms with Crippen LogP contribution in [0.2, 0.25) is 4.34 Å². The van der Waals surface area contributed by atoms with Crippen LogP contribution in [0.25, 0.3) is 0 Å². The lowest BCUT2D eigenvalue weighted by molar-refractivity contribution is 1.19. The van der Waals surface area contributed by atoms with Gasteiger partial charge >= 0.3 is 0 Å². The number of nitrogens with zero attached hydrogens (tertiary/aromatic N) is 1. The predicted molar refractivity (Wildman–Crippen MR) is 83.2 cm³/mol. The van der Waals surface area contributed by atoms with Crippen LogP contribution in [0.1, 0.15) is 10.4 Å². The molecule has 2 rings (SSSR count). The number of nitriles is 1. The van der Waals surface area contributed by atoms with E-state index in [0.29, 0.717) is 12.1 Å². The summed E-state index contributed by atoms with van der Waals surface area (Å²) in [6.07, 6.45) is 0. The van der Waals surface area contributed by atoms with E-state index in [1.54, 1.807) is 12.1 Å². The van der Waals surface area contributed by atoms with Gasteiger partial charge in [-0.25, -0.2) is 0 Å². The van der Waals surface area contributed by atoms with Crippen LogP contribution >= 0.6 is 54.8 Å². The van der Waals surface area contributed by atoms with E-state index in [4.69, 9.17) is 16.9 Å². The second-order valence-electron chi connectivity index (χ2n) is 3.49. The van der Waals surface area contributed by atoms with Crippen LogP contribution in [0.15, 0.2) is 33.2 Å². The first-order valence-electron chi connectivity index (χ1n) is 4.97. The molecule has 0 saturated carbocycles. The van der Waals surface area contributed by atoms with Crippen LogP contribution in [0, 0.1) is 11.3 Å². The van der Waals surface area contributed by atoms with Crippen LogP contribution in [-0.2, 0) is 6.54 Å². The first-order valence-corrected chi connectivity index (χ1v) is 7.75. The van der Waals surface area contributed by atoms with E-state index in [2.05, 4.69) is 43.2 Å². The third-order valence-corrected chi connectivity index (χ3v) is 5.38. The Bertz CT molecular complexity index is 600. The fourth-order valence-corrected chi connectivity index (χ4v) is 3.64. The highest BCUT2D eigenvalue weighted by atomic mass is 79.9. The number of nitrogens with one attached hydrogen (secondary N) is 1. The quantitative estimate of drug-likeness (QED) is 0.740. The molecule has 0 fully saturated rings. The maximum absolute atomic E-state index is 8.78. The molecule has 0 unspecified atom stereocenters. The molecule has 1 N–H and O–H groups in total. The zero-order valence-electron chi connectivity index (χ0n) is 9.01. The Morgan fingerprint density at radius 1 is 1.28 bits per heavy atom. The van der Waals surface area contributed by atoms with Gasteiger partial charge in [-0.3, -0.25) is 0 Å². The Morgan fingerprint density at radius 3 is 2.61 bits per heavy atom. The fraction of sp³-hybridized carbons (Fsp3) is 0.0833. The van der Waals surface area contributed by atoms with Gasteiger partial charge in [0.05, 0.1) is 11.6 Å². The molecule has 0 aliphatic carbocycles. The summed E-state index contributed by atoms with van der Waals surface area (Å²) in [6.45, 7) is 0.695. The summed E-state index contributed by atoms with van der Waals surface area (Å²) >= 11 is 14.3. The van der Waals surface area contributed by atoms with Crippen molar-refractivity contribution in [3.63, 3.8) is 0 Å². The lowest BCUT2D eigenvalue weighted by Gasteiger charge is -2.07. The van der Waals surface area contributed by atoms with Gasteiger partial charge in [-0.05, 0) is 56.1 Å². The second-order valence-corrected chi connectivity index (χ2v) is 6.94. The van der Waals surface area contributed by atoms with Crippen LogP contribution < -0.4 is 5.32 Å². The van der Waals surface area contributed by atoms with Crippen molar-refractivity contribution < 1.29 is 0 Å². The minimum Gasteiger partial charge on any atom is -0.379 e. The molecule has 0 radical (unpaired) electrons. The lowest BCUT2D eigenvalue weighted by Crippen LogP contribution is -1.98. The van der Waals surface area contributed by atoms with Crippen LogP contribution in [0.3, 0.4) is 0 Å². The number of anilines is 1. The van der Waals surface area contributed by atoms with Crippen molar-refractivity contribution in [1.29, 1.82) is 5.26 Å². The molecule has 0 amide bonds. The minimum absolute atomic E-state index is 0.634. The van der Waals surface area contributed by atoms with Crippen molar-refractivity contribution in [2.24, 2.45) is 0 Å². The highest BCUT2D eigenvalue weighted by molar-refractivity contribution is 9.11. The zero-order valence-corrected chi connectivity index (χ0v) is 13.8. The molecule has 0 bridgehead atoms. The number of thiophene rings is 1. The monoisotopic (exact) mass is 404 g/mol. The van der Waals surface area contributed by atoms with Crippen molar-refractivity contribution in [1.82, 2.24) is 0 Å². The average Bonchev–Trinajstić information content (AvgIpc) is 2.67. The van der Waals surface area contributed by atoms with Crippen molar-refractivity contribution >= 4 is 60.5 Å². The SMILES string of the molecule is N#Cc1ccc(NCc2cc(Br)c(Cl)s2)c(Br)c1. The molecule has 1 heterocycles. The predicted octanol–water partition coefficient (Wildman–Crippen LogP) is 5.41. The van der Waals surface area contributed by atoms with E-state index in [-0.39, 0.29) is 0 Å². The highest BCUT2D eigenvalue weighted by Gasteiger charge is 2.06. The summed E-state index contributed by atoms with van der Waals surface area (Å²) in [5, 5.41) is 12.1. The van der Waals surface area contributed by atoms with Gasteiger partial charge in [-0.15, -0.1) is 11.3 Å². The summed E-state index contributed by atoms with van der Waals surface area (Å²) in [5.74, 6) is 0. The van der Waals surface area contributed by atoms with Gasteiger partial charge in [-0.2, -0.15) is 5.26 Å². The zero-order chi connectivity index (χ0) is 13.1. The molecule has 0 atom stereocenters. The van der Waals surface area contributed by atoms with Crippen molar-refractivity contribution in [2.45, 2.75) is 6.54 Å². The molecule has 92 valence electrons. The maximum atomic E-state index is 8.78. The smallest absolute Gasteiger partial charge is 0.107 e. The van der Waals surface area contributed by atoms with Gasteiger partial charge in [0.15, 0.2) is 0 Å². The standard InChI is InChI=1S/C12H7Br2ClN2S/c13-9-3-7(5-16)1-2-11(9)17-6-8-4-10(14)12(15)18-8/h1-4,17H,6H2. The fourth-order valence-electron chi connectivity index (χ4n) is 1.39. The normalized spacial score (nSPS) is 10.1. The lowest BCUT2D eigenvalue weighted by atomic mass is 10.2. The highest BCUT2D eigenvalue weighted by Crippen LogP contribution is 2.32. The van der Waals surface area contributed by atoms with Gasteiger partial charge in [0.25, 0.3) is 0 Å². The molecule has 0 aliphatic heterocycles. The summed E-state index contributed by atoms with van der Waals surface area (Å²) < 4.78 is 2.55. The minimum atomic E-state index is 0.634. The molecule has 0 aliphatic rings. The van der Waals surface area contributed by atoms with E-state index >= 15 is 0 Å². The molecule has 0 spiro atoms. The molecule has 1 aromatic carbocycles. The van der Waals surface area contributed by atoms with Crippen LogP contribution in [-0.4, -0.2) is 0 Å². The Balaban J connectivity index is 2.09. The summed E-state index contributed by atoms with van der Waals surface area (Å²) in [4.78, 5) is 1.14. The van der Waals surface area contributed by atoms with E-state index in [1.807, 2.05) is 12.1 Å². The topological polar surface area (TPSA) is 35.8 Å². The Hall–Kier alpha value is -0.540. The third-order valence-electron chi connectivity index (χ3n) is 2.25. The van der Waals surface area contributed by atoms with Gasteiger partial charge in [0, 0.05) is 26.1 Å². The third kappa shape index (κ3) is 3.27. The molecule has 1 aromatic heterocycles. The van der Waals surface area contributed by atoms with Crippen LogP contribution in [0.5, 0.6) is 0 Å². The van der Waals surface area contributed by atoms with E-state index in [9.17, 15) is 0 Å². The first kappa shape index (κ1) is 13.9. The molecular weight excluding hydrogens is 399 g/mol. The Kier molecular flexibility index (Phi) is 4.68. The molecular formula is C12H7Br2ClN2S. The van der Waals surface area contributed by atoms with E-state index in [1.165, 1.54) is 11.3 Å². The van der Waals surface area contributed by atoms with Gasteiger partial charge in [-0.1, -0.05) is 11.6 Å². The van der Waals surface area contributed by atoms with Crippen molar-refractivity contribution in [3.05, 3.63) is 48.0 Å². The van der Waals surface area contributed by atoms with Gasteiger partial charge < -0.3 is 5.32 Å². The first-order chi connectivity index (χ1) is 8.60. The van der Waals surface area contributed by atoms with Crippen molar-refractivity contribution in [3.8, 4) is 6.07 Å². The second kappa shape index (κ2) is 6.07. The van der Waals surface area contributed by atoms with E-state index < -0.39 is 0 Å². The number of halogens is 3. The van der Waals surface area contributed by atoms with Gasteiger partial charge in [0.1, 0.15) is 4.34 Å². The molecule has 6 heteroatoms. The van der Waals surface area contributed by atoms with E-state index in [0.717, 1.165) is 23.8 Å². The van der Waals surface area contributed by atoms with Gasteiger partial charge in [0.2, 0.25) is 0 Å². The number of rotatable bonds is 3.